The average molecular weight is 386 g/mol. The molecule has 0 saturated carbocycles. The molecule has 0 aliphatic carbocycles. The van der Waals surface area contributed by atoms with Crippen LogP contribution in [0.25, 0.3) is 11.1 Å². The summed E-state index contributed by atoms with van der Waals surface area (Å²) in [4.78, 5) is 19.3. The van der Waals surface area contributed by atoms with Crippen molar-refractivity contribution in [1.29, 1.82) is 0 Å². The topological polar surface area (TPSA) is 67.6 Å². The zero-order valence-corrected chi connectivity index (χ0v) is 15.7. The van der Waals surface area contributed by atoms with E-state index in [0.717, 1.165) is 37.0 Å². The first kappa shape index (κ1) is 17.7. The van der Waals surface area contributed by atoms with Crippen LogP contribution in [0.1, 0.15) is 12.8 Å². The van der Waals surface area contributed by atoms with Gasteiger partial charge in [-0.3, -0.25) is 4.79 Å². The Balaban J connectivity index is 1.40. The summed E-state index contributed by atoms with van der Waals surface area (Å²) in [7, 11) is 1.57. The highest BCUT2D eigenvalue weighted by Gasteiger charge is 2.27. The first-order chi connectivity index (χ1) is 13.1. The van der Waals surface area contributed by atoms with Crippen molar-refractivity contribution >= 4 is 40.3 Å². The molecule has 0 spiro atoms. The predicted octanol–water partition coefficient (Wildman–Crippen LogP) is 4.34. The van der Waals surface area contributed by atoms with Crippen molar-refractivity contribution in [3.05, 3.63) is 47.5 Å². The van der Waals surface area contributed by atoms with Crippen LogP contribution in [0.5, 0.6) is 5.75 Å². The predicted molar refractivity (Wildman–Crippen MR) is 106 cm³/mol. The fourth-order valence-corrected chi connectivity index (χ4v) is 3.51. The van der Waals surface area contributed by atoms with Crippen LogP contribution in [-0.4, -0.2) is 31.1 Å². The molecular formula is C20H20ClN3O3. The van der Waals surface area contributed by atoms with Gasteiger partial charge >= 0.3 is 0 Å². The standard InChI is InChI=1S/C20H20ClN3O3/c1-26-17-7-6-14(21)12-16(17)22-19(25)13-8-10-24(11-9-13)20-23-15-4-2-3-5-18(15)27-20/h2-7,12-13H,8-11H2,1H3,(H,22,25). The highest BCUT2D eigenvalue weighted by molar-refractivity contribution is 6.31. The number of nitrogens with zero attached hydrogens (tertiary/aromatic N) is 2. The zero-order valence-electron chi connectivity index (χ0n) is 14.9. The van der Waals surface area contributed by atoms with Crippen molar-refractivity contribution < 1.29 is 13.9 Å². The van der Waals surface area contributed by atoms with E-state index in [0.29, 0.717) is 22.5 Å². The fourth-order valence-electron chi connectivity index (χ4n) is 3.34. The number of carbonyl (C=O) groups excluding carboxylic acids is 1. The second-order valence-corrected chi connectivity index (χ2v) is 7.00. The number of oxazole rings is 1. The molecule has 0 bridgehead atoms. The Bertz CT molecular complexity index is 931. The molecular weight excluding hydrogens is 366 g/mol. The number of para-hydroxylation sites is 2. The van der Waals surface area contributed by atoms with E-state index in [1.54, 1.807) is 25.3 Å². The first-order valence-electron chi connectivity index (χ1n) is 8.89. The number of ether oxygens (including phenoxy) is 1. The van der Waals surface area contributed by atoms with Crippen molar-refractivity contribution in [1.82, 2.24) is 4.98 Å². The minimum absolute atomic E-state index is 0.0206. The lowest BCUT2D eigenvalue weighted by Crippen LogP contribution is -2.38. The number of anilines is 2. The number of piperidine rings is 1. The number of hydrogen-bond donors (Lipinski definition) is 1. The third kappa shape index (κ3) is 3.71. The number of carbonyl (C=O) groups is 1. The molecule has 3 aromatic rings. The maximum absolute atomic E-state index is 12.7. The molecule has 6 nitrogen and oxygen atoms in total. The van der Waals surface area contributed by atoms with Gasteiger partial charge in [0.1, 0.15) is 11.3 Å². The summed E-state index contributed by atoms with van der Waals surface area (Å²) in [6.45, 7) is 1.44. The van der Waals surface area contributed by atoms with Crippen molar-refractivity contribution in [3.8, 4) is 5.75 Å². The maximum Gasteiger partial charge on any atom is 0.298 e. The molecule has 1 aliphatic heterocycles. The van der Waals surface area contributed by atoms with Crippen molar-refractivity contribution in [2.75, 3.05) is 30.4 Å². The number of nitrogens with one attached hydrogen (secondary N) is 1. The van der Waals surface area contributed by atoms with E-state index >= 15 is 0 Å². The monoisotopic (exact) mass is 385 g/mol. The van der Waals surface area contributed by atoms with Gasteiger partial charge in [0.15, 0.2) is 5.58 Å². The molecule has 1 aromatic heterocycles. The lowest BCUT2D eigenvalue weighted by Gasteiger charge is -2.30. The summed E-state index contributed by atoms with van der Waals surface area (Å²) in [6.07, 6.45) is 1.46. The molecule has 1 aliphatic rings. The Morgan fingerprint density at radius 3 is 2.78 bits per heavy atom. The molecule has 1 amide bonds. The number of hydrogen-bond acceptors (Lipinski definition) is 5. The van der Waals surface area contributed by atoms with Crippen molar-refractivity contribution in [3.63, 3.8) is 0 Å². The maximum atomic E-state index is 12.7. The number of fused-ring (bicyclic) bond motifs is 1. The van der Waals surface area contributed by atoms with E-state index in [-0.39, 0.29) is 11.8 Å². The summed E-state index contributed by atoms with van der Waals surface area (Å²) < 4.78 is 11.1. The molecule has 0 radical (unpaired) electrons. The van der Waals surface area contributed by atoms with Crippen LogP contribution < -0.4 is 15.0 Å². The first-order valence-corrected chi connectivity index (χ1v) is 9.27. The summed E-state index contributed by atoms with van der Waals surface area (Å²) in [5.41, 5.74) is 2.22. The van der Waals surface area contributed by atoms with E-state index in [1.807, 2.05) is 24.3 Å². The van der Waals surface area contributed by atoms with E-state index in [2.05, 4.69) is 15.2 Å². The van der Waals surface area contributed by atoms with Crippen molar-refractivity contribution in [2.45, 2.75) is 12.8 Å². The molecule has 1 saturated heterocycles. The molecule has 27 heavy (non-hydrogen) atoms. The Morgan fingerprint density at radius 2 is 2.04 bits per heavy atom. The summed E-state index contributed by atoms with van der Waals surface area (Å²) >= 11 is 6.03. The molecule has 2 heterocycles. The smallest absolute Gasteiger partial charge is 0.298 e. The Labute approximate surface area is 162 Å². The van der Waals surface area contributed by atoms with Crippen molar-refractivity contribution in [2.24, 2.45) is 5.92 Å². The zero-order chi connectivity index (χ0) is 18.8. The summed E-state index contributed by atoms with van der Waals surface area (Å²) in [5.74, 6) is 0.499. The fraction of sp³-hybridized carbons (Fsp3) is 0.300. The van der Waals surface area contributed by atoms with Gasteiger partial charge in [-0.1, -0.05) is 23.7 Å². The highest BCUT2D eigenvalue weighted by Crippen LogP contribution is 2.30. The number of benzene rings is 2. The number of aromatic nitrogens is 1. The molecule has 140 valence electrons. The van der Waals surface area contributed by atoms with Crippen LogP contribution in [0.4, 0.5) is 11.7 Å². The molecule has 7 heteroatoms. The second-order valence-electron chi connectivity index (χ2n) is 6.56. The number of halogens is 1. The average Bonchev–Trinajstić information content (AvgIpc) is 3.12. The van der Waals surface area contributed by atoms with Crippen LogP contribution >= 0.6 is 11.6 Å². The van der Waals surface area contributed by atoms with Gasteiger partial charge in [0.25, 0.3) is 6.01 Å². The van der Waals surface area contributed by atoms with Gasteiger partial charge < -0.3 is 19.4 Å². The lowest BCUT2D eigenvalue weighted by atomic mass is 9.96. The van der Waals surface area contributed by atoms with Gasteiger partial charge in [-0.2, -0.15) is 4.98 Å². The van der Waals surface area contributed by atoms with E-state index in [1.165, 1.54) is 0 Å². The Kier molecular flexibility index (Phi) is 4.90. The normalized spacial score (nSPS) is 15.1. The SMILES string of the molecule is COc1ccc(Cl)cc1NC(=O)C1CCN(c2nc3ccccc3o2)CC1. The Morgan fingerprint density at radius 1 is 1.26 bits per heavy atom. The largest absolute Gasteiger partial charge is 0.495 e. The van der Waals surface area contributed by atoms with Crippen LogP contribution in [-0.2, 0) is 4.79 Å². The summed E-state index contributed by atoms with van der Waals surface area (Å²) in [6, 6.07) is 13.5. The van der Waals surface area contributed by atoms with Crippen LogP contribution in [0.2, 0.25) is 5.02 Å². The van der Waals surface area contributed by atoms with E-state index in [9.17, 15) is 4.79 Å². The van der Waals surface area contributed by atoms with Gasteiger partial charge in [0.2, 0.25) is 5.91 Å². The van der Waals surface area contributed by atoms with Crippen LogP contribution in [0, 0.1) is 5.92 Å². The van der Waals surface area contributed by atoms with Gasteiger partial charge in [-0.05, 0) is 43.2 Å². The third-order valence-electron chi connectivity index (χ3n) is 4.84. The van der Waals surface area contributed by atoms with Gasteiger partial charge in [-0.25, -0.2) is 0 Å². The molecule has 1 fully saturated rings. The van der Waals surface area contributed by atoms with Crippen LogP contribution in [0.15, 0.2) is 46.9 Å². The number of amides is 1. The minimum atomic E-state index is -0.0747. The molecule has 0 unspecified atom stereocenters. The minimum Gasteiger partial charge on any atom is -0.495 e. The molecule has 0 atom stereocenters. The lowest BCUT2D eigenvalue weighted by molar-refractivity contribution is -0.120. The highest BCUT2D eigenvalue weighted by atomic mass is 35.5. The van der Waals surface area contributed by atoms with Gasteiger partial charge in [-0.15, -0.1) is 0 Å². The number of rotatable bonds is 4. The molecule has 2 aromatic carbocycles. The van der Waals surface area contributed by atoms with E-state index in [4.69, 9.17) is 20.8 Å². The van der Waals surface area contributed by atoms with E-state index < -0.39 is 0 Å². The van der Waals surface area contributed by atoms with Gasteiger partial charge in [0.05, 0.1) is 12.8 Å². The van der Waals surface area contributed by atoms with Crippen LogP contribution in [0.3, 0.4) is 0 Å². The molecule has 4 rings (SSSR count). The second kappa shape index (κ2) is 7.48. The number of methoxy groups -OCH3 is 1. The summed E-state index contributed by atoms with van der Waals surface area (Å²) in [5, 5.41) is 3.49. The third-order valence-corrected chi connectivity index (χ3v) is 5.07. The van der Waals surface area contributed by atoms with Gasteiger partial charge in [0, 0.05) is 24.0 Å². The Hall–Kier alpha value is -2.73. The molecule has 1 N–H and O–H groups in total. The quantitative estimate of drug-likeness (QED) is 0.723.